The summed E-state index contributed by atoms with van der Waals surface area (Å²) in [7, 11) is 0. The van der Waals surface area contributed by atoms with E-state index in [1.807, 2.05) is 12.4 Å². The van der Waals surface area contributed by atoms with Crippen molar-refractivity contribution in [3.63, 3.8) is 0 Å². The molecule has 4 aliphatic rings. The van der Waals surface area contributed by atoms with Crippen molar-refractivity contribution in [1.82, 2.24) is 4.98 Å². The van der Waals surface area contributed by atoms with E-state index in [0.29, 0.717) is 5.41 Å². The van der Waals surface area contributed by atoms with Crippen LogP contribution in [0.2, 0.25) is 0 Å². The predicted molar refractivity (Wildman–Crippen MR) is 77.6 cm³/mol. The van der Waals surface area contributed by atoms with Gasteiger partial charge in [-0.05, 0) is 85.8 Å². The highest BCUT2D eigenvalue weighted by molar-refractivity contribution is 5.17. The first-order chi connectivity index (χ1) is 9.77. The van der Waals surface area contributed by atoms with Gasteiger partial charge in [-0.25, -0.2) is 0 Å². The Morgan fingerprint density at radius 3 is 2.15 bits per heavy atom. The van der Waals surface area contributed by atoms with Gasteiger partial charge in [0.25, 0.3) is 0 Å². The Hall–Kier alpha value is -1.36. The van der Waals surface area contributed by atoms with Crippen LogP contribution in [0, 0.1) is 40.4 Å². The van der Waals surface area contributed by atoms with Crippen molar-refractivity contribution in [3.8, 4) is 6.07 Å². The quantitative estimate of drug-likeness (QED) is 0.829. The number of aromatic nitrogens is 1. The number of hydrogen-bond donors (Lipinski definition) is 0. The molecule has 1 heterocycles. The monoisotopic (exact) mass is 266 g/mol. The topological polar surface area (TPSA) is 36.7 Å². The zero-order valence-corrected chi connectivity index (χ0v) is 12.0. The van der Waals surface area contributed by atoms with Crippen LogP contribution in [-0.2, 0) is 6.42 Å². The molecule has 0 radical (unpaired) electrons. The highest BCUT2D eigenvalue weighted by Crippen LogP contribution is 2.63. The summed E-state index contributed by atoms with van der Waals surface area (Å²) < 4.78 is 0. The molecule has 2 heteroatoms. The molecule has 0 spiro atoms. The fourth-order valence-electron chi connectivity index (χ4n) is 5.76. The fraction of sp³-hybridized carbons (Fsp3) is 0.667. The maximum Gasteiger partial charge on any atom is 0.0665 e. The molecule has 4 aliphatic carbocycles. The van der Waals surface area contributed by atoms with E-state index in [1.165, 1.54) is 44.1 Å². The van der Waals surface area contributed by atoms with Crippen LogP contribution < -0.4 is 0 Å². The van der Waals surface area contributed by atoms with Crippen LogP contribution >= 0.6 is 0 Å². The second kappa shape index (κ2) is 4.58. The Morgan fingerprint density at radius 1 is 1.10 bits per heavy atom. The summed E-state index contributed by atoms with van der Waals surface area (Å²) in [4.78, 5) is 4.09. The lowest BCUT2D eigenvalue weighted by atomic mass is 9.46. The van der Waals surface area contributed by atoms with E-state index < -0.39 is 0 Å². The first kappa shape index (κ1) is 12.4. The molecule has 104 valence electrons. The van der Waals surface area contributed by atoms with Gasteiger partial charge in [0.2, 0.25) is 0 Å². The number of pyridine rings is 1. The van der Waals surface area contributed by atoms with Gasteiger partial charge in [-0.2, -0.15) is 5.26 Å². The molecule has 4 bridgehead atoms. The van der Waals surface area contributed by atoms with Crippen LogP contribution in [0.3, 0.4) is 0 Å². The summed E-state index contributed by atoms with van der Waals surface area (Å²) in [6.07, 6.45) is 12.9. The van der Waals surface area contributed by atoms with E-state index in [9.17, 15) is 5.26 Å². The lowest BCUT2D eigenvalue weighted by Crippen LogP contribution is -2.49. The average Bonchev–Trinajstić information content (AvgIpc) is 2.44. The van der Waals surface area contributed by atoms with E-state index in [1.54, 1.807) is 0 Å². The molecule has 2 nitrogen and oxygen atoms in total. The third-order valence-corrected chi connectivity index (χ3v) is 6.17. The standard InChI is InChI=1S/C18H22N2/c19-12-17(8-13-1-3-20-4-2-13)18-9-14-5-15(10-18)7-16(6-14)11-18/h1-4,14-17H,5-11H2. The SMILES string of the molecule is N#CC(Cc1ccncc1)C12CC3CC(CC(C3)C1)C2. The average molecular weight is 266 g/mol. The number of rotatable bonds is 3. The first-order valence-electron chi connectivity index (χ1n) is 8.06. The smallest absolute Gasteiger partial charge is 0.0665 e. The molecule has 1 atom stereocenters. The van der Waals surface area contributed by atoms with Crippen LogP contribution in [-0.4, -0.2) is 4.98 Å². The lowest BCUT2D eigenvalue weighted by molar-refractivity contribution is -0.0745. The number of hydrogen-bond acceptors (Lipinski definition) is 2. The van der Waals surface area contributed by atoms with E-state index in [2.05, 4.69) is 23.2 Å². The number of nitriles is 1. The van der Waals surface area contributed by atoms with E-state index >= 15 is 0 Å². The van der Waals surface area contributed by atoms with Gasteiger partial charge in [0, 0.05) is 12.4 Å². The molecular formula is C18H22N2. The Bertz CT molecular complexity index is 493. The number of nitrogens with zero attached hydrogens (tertiary/aromatic N) is 2. The highest BCUT2D eigenvalue weighted by atomic mass is 14.6. The second-order valence-corrected chi connectivity index (χ2v) is 7.52. The lowest BCUT2D eigenvalue weighted by Gasteiger charge is -2.58. The van der Waals surface area contributed by atoms with Crippen molar-refractivity contribution in [2.45, 2.75) is 44.9 Å². The molecule has 0 amide bonds. The minimum absolute atomic E-state index is 0.207. The molecule has 20 heavy (non-hydrogen) atoms. The van der Waals surface area contributed by atoms with E-state index in [0.717, 1.165) is 24.2 Å². The van der Waals surface area contributed by atoms with Gasteiger partial charge in [-0.15, -0.1) is 0 Å². The zero-order chi connectivity index (χ0) is 13.6. The minimum Gasteiger partial charge on any atom is -0.265 e. The van der Waals surface area contributed by atoms with Crippen molar-refractivity contribution in [2.24, 2.45) is 29.1 Å². The molecule has 4 fully saturated rings. The van der Waals surface area contributed by atoms with Crippen molar-refractivity contribution in [2.75, 3.05) is 0 Å². The maximum atomic E-state index is 9.78. The molecule has 0 N–H and O–H groups in total. The van der Waals surface area contributed by atoms with Gasteiger partial charge >= 0.3 is 0 Å². The van der Waals surface area contributed by atoms with E-state index in [-0.39, 0.29) is 5.92 Å². The Kier molecular flexibility index (Phi) is 2.84. The summed E-state index contributed by atoms with van der Waals surface area (Å²) >= 11 is 0. The molecule has 1 aromatic rings. The third-order valence-electron chi connectivity index (χ3n) is 6.17. The molecular weight excluding hydrogens is 244 g/mol. The predicted octanol–water partition coefficient (Wildman–Crippen LogP) is 3.98. The van der Waals surface area contributed by atoms with E-state index in [4.69, 9.17) is 0 Å². The molecule has 5 rings (SSSR count). The van der Waals surface area contributed by atoms with Crippen molar-refractivity contribution in [1.29, 1.82) is 5.26 Å². The molecule has 0 aromatic carbocycles. The van der Waals surface area contributed by atoms with Crippen LogP contribution in [0.15, 0.2) is 24.5 Å². The molecule has 0 saturated heterocycles. The normalized spacial score (nSPS) is 39.5. The van der Waals surface area contributed by atoms with Crippen molar-refractivity contribution < 1.29 is 0 Å². The fourth-order valence-corrected chi connectivity index (χ4v) is 5.76. The largest absolute Gasteiger partial charge is 0.265 e. The van der Waals surface area contributed by atoms with Crippen LogP contribution in [0.25, 0.3) is 0 Å². The molecule has 1 unspecified atom stereocenters. The van der Waals surface area contributed by atoms with Crippen molar-refractivity contribution in [3.05, 3.63) is 30.1 Å². The summed E-state index contributed by atoms with van der Waals surface area (Å²) in [5, 5.41) is 9.78. The Balaban J connectivity index is 1.60. The van der Waals surface area contributed by atoms with Gasteiger partial charge in [-0.1, -0.05) is 0 Å². The van der Waals surface area contributed by atoms with Gasteiger partial charge in [0.15, 0.2) is 0 Å². The maximum absolute atomic E-state index is 9.78. The third kappa shape index (κ3) is 1.95. The Morgan fingerprint density at radius 2 is 1.65 bits per heavy atom. The summed E-state index contributed by atoms with van der Waals surface area (Å²) in [5.41, 5.74) is 1.62. The van der Waals surface area contributed by atoms with Gasteiger partial charge < -0.3 is 0 Å². The first-order valence-corrected chi connectivity index (χ1v) is 8.06. The minimum atomic E-state index is 0.207. The van der Waals surface area contributed by atoms with Crippen LogP contribution in [0.1, 0.15) is 44.1 Å². The van der Waals surface area contributed by atoms with Crippen molar-refractivity contribution >= 4 is 0 Å². The van der Waals surface area contributed by atoms with Crippen LogP contribution in [0.5, 0.6) is 0 Å². The summed E-state index contributed by atoms with van der Waals surface area (Å²) in [6.45, 7) is 0. The van der Waals surface area contributed by atoms with Gasteiger partial charge in [0.1, 0.15) is 0 Å². The highest BCUT2D eigenvalue weighted by Gasteiger charge is 2.54. The van der Waals surface area contributed by atoms with Gasteiger partial charge in [-0.3, -0.25) is 4.98 Å². The molecule has 0 aliphatic heterocycles. The second-order valence-electron chi connectivity index (χ2n) is 7.52. The summed E-state index contributed by atoms with van der Waals surface area (Å²) in [5.74, 6) is 2.98. The molecule has 4 saturated carbocycles. The van der Waals surface area contributed by atoms with Crippen LogP contribution in [0.4, 0.5) is 0 Å². The summed E-state index contributed by atoms with van der Waals surface area (Å²) in [6, 6.07) is 6.84. The van der Waals surface area contributed by atoms with Gasteiger partial charge in [0.05, 0.1) is 12.0 Å². The molecule has 1 aromatic heterocycles. The Labute approximate surface area is 121 Å². The zero-order valence-electron chi connectivity index (χ0n) is 12.0.